The Morgan fingerprint density at radius 3 is 2.75 bits per heavy atom. The van der Waals surface area contributed by atoms with Crippen LogP contribution in [0.5, 0.6) is 0 Å². The van der Waals surface area contributed by atoms with E-state index in [0.29, 0.717) is 18.9 Å². The molecule has 88 valence electrons. The quantitative estimate of drug-likeness (QED) is 0.814. The molecule has 0 unspecified atom stereocenters. The third kappa shape index (κ3) is 2.29. The van der Waals surface area contributed by atoms with E-state index in [9.17, 15) is 9.50 Å². The van der Waals surface area contributed by atoms with Gasteiger partial charge in [0.25, 0.3) is 0 Å². The first-order valence-corrected chi connectivity index (χ1v) is 5.58. The van der Waals surface area contributed by atoms with Crippen LogP contribution in [-0.2, 0) is 6.42 Å². The van der Waals surface area contributed by atoms with Gasteiger partial charge in [-0.3, -0.25) is 0 Å². The highest BCUT2D eigenvalue weighted by Gasteiger charge is 2.28. The van der Waals surface area contributed by atoms with Crippen LogP contribution in [-0.4, -0.2) is 40.4 Å². The molecule has 1 aliphatic rings. The smallest absolute Gasteiger partial charge is 0.225 e. The van der Waals surface area contributed by atoms with Crippen molar-refractivity contribution in [3.63, 3.8) is 0 Å². The van der Waals surface area contributed by atoms with Crippen molar-refractivity contribution < 1.29 is 9.50 Å². The van der Waals surface area contributed by atoms with Crippen LogP contribution in [0.25, 0.3) is 0 Å². The Labute approximate surface area is 94.1 Å². The number of aliphatic hydroxyl groups excluding tert-OH is 1. The molecule has 0 amide bonds. The van der Waals surface area contributed by atoms with Crippen LogP contribution in [0, 0.1) is 0 Å². The van der Waals surface area contributed by atoms with Crippen molar-refractivity contribution >= 4 is 5.95 Å². The van der Waals surface area contributed by atoms with Crippen molar-refractivity contribution in [1.82, 2.24) is 9.97 Å². The maximum Gasteiger partial charge on any atom is 0.225 e. The zero-order valence-corrected chi connectivity index (χ0v) is 9.30. The molecule has 5 heteroatoms. The first kappa shape index (κ1) is 11.3. The lowest BCUT2D eigenvalue weighted by atomic mass is 10.1. The van der Waals surface area contributed by atoms with Crippen LogP contribution < -0.4 is 4.90 Å². The molecule has 2 rings (SSSR count). The van der Waals surface area contributed by atoms with Crippen LogP contribution in [0.2, 0.25) is 0 Å². The molecular weight excluding hydrogens is 209 g/mol. The molecule has 0 saturated carbocycles. The molecule has 2 heterocycles. The molecule has 2 atom stereocenters. The highest BCUT2D eigenvalue weighted by atomic mass is 19.1. The van der Waals surface area contributed by atoms with Gasteiger partial charge in [0.2, 0.25) is 5.95 Å². The van der Waals surface area contributed by atoms with Crippen molar-refractivity contribution in [3.05, 3.63) is 18.0 Å². The molecule has 0 bridgehead atoms. The zero-order valence-electron chi connectivity index (χ0n) is 9.30. The van der Waals surface area contributed by atoms with Gasteiger partial charge >= 0.3 is 0 Å². The molecule has 0 aliphatic carbocycles. The summed E-state index contributed by atoms with van der Waals surface area (Å²) >= 11 is 0. The van der Waals surface area contributed by atoms with Crippen molar-refractivity contribution in [2.45, 2.75) is 32.0 Å². The molecule has 0 spiro atoms. The number of aliphatic hydroxyl groups is 1. The van der Waals surface area contributed by atoms with Crippen molar-refractivity contribution in [2.24, 2.45) is 0 Å². The second kappa shape index (κ2) is 4.74. The summed E-state index contributed by atoms with van der Waals surface area (Å²) in [5.41, 5.74) is 1.07. The lowest BCUT2D eigenvalue weighted by molar-refractivity contribution is 0.0611. The van der Waals surface area contributed by atoms with Crippen LogP contribution in [0.3, 0.4) is 0 Å². The standard InChI is InChI=1S/C11H16FN3O/c1-2-8-5-13-11(14-6-8)15-4-3-10(16)9(12)7-15/h5-6,9-10,16H,2-4,7H2,1H3/t9-,10+/m1/s1. The topological polar surface area (TPSA) is 49.2 Å². The van der Waals surface area contributed by atoms with Crippen LogP contribution in [0.15, 0.2) is 12.4 Å². The monoisotopic (exact) mass is 225 g/mol. The van der Waals surface area contributed by atoms with E-state index in [1.54, 1.807) is 17.3 Å². The average molecular weight is 225 g/mol. The lowest BCUT2D eigenvalue weighted by Crippen LogP contribution is -2.45. The molecular formula is C11H16FN3O. The Kier molecular flexibility index (Phi) is 3.33. The molecule has 4 nitrogen and oxygen atoms in total. The van der Waals surface area contributed by atoms with Gasteiger partial charge in [-0.25, -0.2) is 14.4 Å². The zero-order chi connectivity index (χ0) is 11.5. The maximum atomic E-state index is 13.3. The fraction of sp³-hybridized carbons (Fsp3) is 0.636. The van der Waals surface area contributed by atoms with Crippen molar-refractivity contribution in [2.75, 3.05) is 18.0 Å². The Morgan fingerprint density at radius 1 is 1.50 bits per heavy atom. The SMILES string of the molecule is CCc1cnc(N2CC[C@H](O)[C@H](F)C2)nc1. The molecule has 1 aromatic heterocycles. The van der Waals surface area contributed by atoms with Gasteiger partial charge in [-0.15, -0.1) is 0 Å². The van der Waals surface area contributed by atoms with E-state index < -0.39 is 12.3 Å². The average Bonchev–Trinajstić information content (AvgIpc) is 2.33. The van der Waals surface area contributed by atoms with E-state index in [4.69, 9.17) is 0 Å². The van der Waals surface area contributed by atoms with E-state index in [0.717, 1.165) is 12.0 Å². The van der Waals surface area contributed by atoms with Gasteiger partial charge in [0, 0.05) is 18.9 Å². The first-order valence-electron chi connectivity index (χ1n) is 5.58. The Bertz CT molecular complexity index is 344. The molecule has 16 heavy (non-hydrogen) atoms. The number of rotatable bonds is 2. The van der Waals surface area contributed by atoms with E-state index in [-0.39, 0.29) is 6.54 Å². The molecule has 1 N–H and O–H groups in total. The second-order valence-electron chi connectivity index (χ2n) is 4.06. The summed E-state index contributed by atoms with van der Waals surface area (Å²) in [6.45, 7) is 2.81. The number of aromatic nitrogens is 2. The summed E-state index contributed by atoms with van der Waals surface area (Å²) in [6, 6.07) is 0. The Hall–Kier alpha value is -1.23. The summed E-state index contributed by atoms with van der Waals surface area (Å²) in [6.07, 6.45) is 2.81. The van der Waals surface area contributed by atoms with Crippen molar-refractivity contribution in [1.29, 1.82) is 0 Å². The molecule has 1 fully saturated rings. The fourth-order valence-corrected chi connectivity index (χ4v) is 1.77. The summed E-state index contributed by atoms with van der Waals surface area (Å²) in [7, 11) is 0. The molecule has 0 radical (unpaired) electrons. The molecule has 1 saturated heterocycles. The predicted molar refractivity (Wildman–Crippen MR) is 59.1 cm³/mol. The molecule has 1 aromatic rings. The van der Waals surface area contributed by atoms with Gasteiger partial charge in [0.15, 0.2) is 0 Å². The number of hydrogen-bond acceptors (Lipinski definition) is 4. The van der Waals surface area contributed by atoms with E-state index >= 15 is 0 Å². The first-order chi connectivity index (χ1) is 7.70. The highest BCUT2D eigenvalue weighted by molar-refractivity contribution is 5.31. The Morgan fingerprint density at radius 2 is 2.19 bits per heavy atom. The van der Waals surface area contributed by atoms with E-state index in [2.05, 4.69) is 9.97 Å². The van der Waals surface area contributed by atoms with Gasteiger partial charge in [-0.1, -0.05) is 6.92 Å². The van der Waals surface area contributed by atoms with Gasteiger partial charge in [0.1, 0.15) is 6.17 Å². The van der Waals surface area contributed by atoms with Gasteiger partial charge in [0.05, 0.1) is 12.6 Å². The van der Waals surface area contributed by atoms with Crippen LogP contribution >= 0.6 is 0 Å². The largest absolute Gasteiger partial charge is 0.390 e. The maximum absolute atomic E-state index is 13.3. The molecule has 1 aliphatic heterocycles. The number of alkyl halides is 1. The summed E-state index contributed by atoms with van der Waals surface area (Å²) in [5.74, 6) is 0.548. The summed E-state index contributed by atoms with van der Waals surface area (Å²) in [5, 5.41) is 9.28. The van der Waals surface area contributed by atoms with E-state index in [1.807, 2.05) is 6.92 Å². The van der Waals surface area contributed by atoms with Crippen molar-refractivity contribution in [3.8, 4) is 0 Å². The van der Waals surface area contributed by atoms with Gasteiger partial charge in [-0.05, 0) is 18.4 Å². The van der Waals surface area contributed by atoms with Crippen LogP contribution in [0.4, 0.5) is 10.3 Å². The number of aryl methyl sites for hydroxylation is 1. The number of hydrogen-bond donors (Lipinski definition) is 1. The number of nitrogens with zero attached hydrogens (tertiary/aromatic N) is 3. The number of halogens is 1. The third-order valence-electron chi connectivity index (χ3n) is 2.89. The summed E-state index contributed by atoms with van der Waals surface area (Å²) in [4.78, 5) is 10.2. The predicted octanol–water partition coefficient (Wildman–Crippen LogP) is 0.948. The second-order valence-corrected chi connectivity index (χ2v) is 4.06. The van der Waals surface area contributed by atoms with Gasteiger partial charge < -0.3 is 10.0 Å². The molecule has 0 aromatic carbocycles. The van der Waals surface area contributed by atoms with Crippen LogP contribution in [0.1, 0.15) is 18.9 Å². The lowest BCUT2D eigenvalue weighted by Gasteiger charge is -2.32. The summed E-state index contributed by atoms with van der Waals surface area (Å²) < 4.78 is 13.3. The minimum atomic E-state index is -1.21. The Balaban J connectivity index is 2.06. The highest BCUT2D eigenvalue weighted by Crippen LogP contribution is 2.18. The minimum absolute atomic E-state index is 0.173. The fourth-order valence-electron chi connectivity index (χ4n) is 1.77. The normalized spacial score (nSPS) is 25.8. The van der Waals surface area contributed by atoms with E-state index in [1.165, 1.54) is 0 Å². The van der Waals surface area contributed by atoms with Gasteiger partial charge in [-0.2, -0.15) is 0 Å². The number of anilines is 1. The third-order valence-corrected chi connectivity index (χ3v) is 2.89. The minimum Gasteiger partial charge on any atom is -0.390 e. The number of piperidine rings is 1.